The first-order valence-corrected chi connectivity index (χ1v) is 8.84. The SMILES string of the molecule is c1ccc2c3c(ccc2c1)Cc1ccc2c(ccc4ccccc42)c1-3. The van der Waals surface area contributed by atoms with Crippen molar-refractivity contribution in [1.29, 1.82) is 0 Å². The Bertz CT molecular complexity index is 1310. The van der Waals surface area contributed by atoms with E-state index in [1.807, 2.05) is 0 Å². The van der Waals surface area contributed by atoms with Crippen molar-refractivity contribution in [2.75, 3.05) is 0 Å². The minimum Gasteiger partial charge on any atom is -0.0616 e. The Morgan fingerprint density at radius 3 is 1.80 bits per heavy atom. The molecule has 0 radical (unpaired) electrons. The third kappa shape index (κ3) is 1.71. The van der Waals surface area contributed by atoms with Crippen LogP contribution < -0.4 is 0 Å². The van der Waals surface area contributed by atoms with Crippen molar-refractivity contribution >= 4 is 32.3 Å². The average molecular weight is 316 g/mol. The Labute approximate surface area is 146 Å². The van der Waals surface area contributed by atoms with Crippen LogP contribution in [0.5, 0.6) is 0 Å². The van der Waals surface area contributed by atoms with Crippen molar-refractivity contribution in [2.24, 2.45) is 0 Å². The fraction of sp³-hybridized carbons (Fsp3) is 0.0400. The molecule has 0 heterocycles. The summed E-state index contributed by atoms with van der Waals surface area (Å²) in [4.78, 5) is 0. The second-order valence-corrected chi connectivity index (χ2v) is 6.98. The molecule has 1 aliphatic rings. The van der Waals surface area contributed by atoms with Crippen LogP contribution in [0.25, 0.3) is 43.4 Å². The van der Waals surface area contributed by atoms with Crippen LogP contribution in [0.3, 0.4) is 0 Å². The molecule has 5 aromatic rings. The zero-order valence-electron chi connectivity index (χ0n) is 13.8. The molecular weight excluding hydrogens is 300 g/mol. The highest BCUT2D eigenvalue weighted by Gasteiger charge is 2.23. The zero-order chi connectivity index (χ0) is 16.4. The third-order valence-electron chi connectivity index (χ3n) is 5.66. The molecule has 5 aromatic carbocycles. The molecule has 0 bridgehead atoms. The highest BCUT2D eigenvalue weighted by Crippen LogP contribution is 2.45. The van der Waals surface area contributed by atoms with Crippen LogP contribution in [0.4, 0.5) is 0 Å². The van der Waals surface area contributed by atoms with E-state index in [-0.39, 0.29) is 0 Å². The van der Waals surface area contributed by atoms with Crippen molar-refractivity contribution in [1.82, 2.24) is 0 Å². The molecule has 0 spiro atoms. The number of benzene rings is 5. The summed E-state index contributed by atoms with van der Waals surface area (Å²) < 4.78 is 0. The summed E-state index contributed by atoms with van der Waals surface area (Å²) in [7, 11) is 0. The number of fused-ring (bicyclic) bond motifs is 9. The van der Waals surface area contributed by atoms with Crippen molar-refractivity contribution < 1.29 is 0 Å². The predicted molar refractivity (Wildman–Crippen MR) is 107 cm³/mol. The van der Waals surface area contributed by atoms with Gasteiger partial charge in [-0.25, -0.2) is 0 Å². The standard InChI is InChI=1S/C25H16/c1-3-7-20-16(5-1)11-14-23-22(20)13-12-19-15-18-10-9-17-6-2-4-8-21(17)24(18)25(19)23/h1-14H,15H2. The first-order chi connectivity index (χ1) is 12.4. The van der Waals surface area contributed by atoms with E-state index in [4.69, 9.17) is 0 Å². The topological polar surface area (TPSA) is 0 Å². The van der Waals surface area contributed by atoms with E-state index < -0.39 is 0 Å². The molecule has 0 aliphatic heterocycles. The normalized spacial score (nSPS) is 12.6. The maximum Gasteiger partial charge on any atom is -0.00130 e. The lowest BCUT2D eigenvalue weighted by molar-refractivity contribution is 1.27. The van der Waals surface area contributed by atoms with Gasteiger partial charge in [0.1, 0.15) is 0 Å². The molecular formula is C25H16. The molecule has 116 valence electrons. The molecule has 0 saturated heterocycles. The third-order valence-corrected chi connectivity index (χ3v) is 5.66. The molecule has 0 unspecified atom stereocenters. The molecule has 0 heteroatoms. The van der Waals surface area contributed by atoms with Gasteiger partial charge in [0.05, 0.1) is 0 Å². The lowest BCUT2D eigenvalue weighted by Crippen LogP contribution is -1.85. The summed E-state index contributed by atoms with van der Waals surface area (Å²) in [6, 6.07) is 31.2. The quantitative estimate of drug-likeness (QED) is 0.273. The van der Waals surface area contributed by atoms with Crippen LogP contribution in [-0.4, -0.2) is 0 Å². The van der Waals surface area contributed by atoms with E-state index in [1.165, 1.54) is 54.6 Å². The Morgan fingerprint density at radius 2 is 0.960 bits per heavy atom. The number of hydrogen-bond donors (Lipinski definition) is 0. The van der Waals surface area contributed by atoms with Crippen LogP contribution in [0.2, 0.25) is 0 Å². The molecule has 0 N–H and O–H groups in total. The van der Waals surface area contributed by atoms with Crippen molar-refractivity contribution in [3.8, 4) is 11.1 Å². The van der Waals surface area contributed by atoms with Crippen LogP contribution >= 0.6 is 0 Å². The molecule has 6 rings (SSSR count). The van der Waals surface area contributed by atoms with E-state index in [1.54, 1.807) is 0 Å². The van der Waals surface area contributed by atoms with Crippen molar-refractivity contribution in [3.05, 3.63) is 96.1 Å². The lowest BCUT2D eigenvalue weighted by atomic mass is 9.92. The maximum absolute atomic E-state index is 2.33. The summed E-state index contributed by atoms with van der Waals surface area (Å²) in [5.41, 5.74) is 5.78. The van der Waals surface area contributed by atoms with E-state index in [0.717, 1.165) is 6.42 Å². The van der Waals surface area contributed by atoms with Gasteiger partial charge in [0.25, 0.3) is 0 Å². The maximum atomic E-state index is 2.33. The molecule has 0 saturated carbocycles. The second kappa shape index (κ2) is 4.70. The first-order valence-electron chi connectivity index (χ1n) is 8.84. The summed E-state index contributed by atoms with van der Waals surface area (Å²) >= 11 is 0. The van der Waals surface area contributed by atoms with Gasteiger partial charge in [-0.3, -0.25) is 0 Å². The Morgan fingerprint density at radius 1 is 0.400 bits per heavy atom. The molecule has 0 nitrogen and oxygen atoms in total. The largest absolute Gasteiger partial charge is 0.0616 e. The molecule has 0 amide bonds. The Balaban J connectivity index is 1.82. The van der Waals surface area contributed by atoms with E-state index >= 15 is 0 Å². The van der Waals surface area contributed by atoms with Gasteiger partial charge in [-0.2, -0.15) is 0 Å². The molecule has 0 fully saturated rings. The van der Waals surface area contributed by atoms with Gasteiger partial charge in [0.15, 0.2) is 0 Å². The van der Waals surface area contributed by atoms with Gasteiger partial charge in [-0.05, 0) is 61.0 Å². The highest BCUT2D eigenvalue weighted by atomic mass is 14.3. The van der Waals surface area contributed by atoms with E-state index in [2.05, 4.69) is 84.9 Å². The van der Waals surface area contributed by atoms with Crippen LogP contribution in [0, 0.1) is 0 Å². The van der Waals surface area contributed by atoms with Crippen molar-refractivity contribution in [3.63, 3.8) is 0 Å². The average Bonchev–Trinajstić information content (AvgIpc) is 3.07. The molecule has 0 aromatic heterocycles. The van der Waals surface area contributed by atoms with Crippen LogP contribution in [0.1, 0.15) is 11.1 Å². The van der Waals surface area contributed by atoms with E-state index in [9.17, 15) is 0 Å². The van der Waals surface area contributed by atoms with Crippen LogP contribution in [-0.2, 0) is 6.42 Å². The van der Waals surface area contributed by atoms with Gasteiger partial charge in [0, 0.05) is 0 Å². The molecule has 1 aliphatic carbocycles. The van der Waals surface area contributed by atoms with Gasteiger partial charge < -0.3 is 0 Å². The predicted octanol–water partition coefficient (Wildman–Crippen LogP) is 6.72. The lowest BCUT2D eigenvalue weighted by Gasteiger charge is -2.11. The smallest absolute Gasteiger partial charge is 0.00130 e. The minimum atomic E-state index is 1.04. The van der Waals surface area contributed by atoms with Gasteiger partial charge in [0.2, 0.25) is 0 Å². The Kier molecular flexibility index (Phi) is 2.48. The summed E-state index contributed by atoms with van der Waals surface area (Å²) in [5, 5.41) is 8.10. The molecule has 0 atom stereocenters. The number of rotatable bonds is 0. The van der Waals surface area contributed by atoms with Gasteiger partial charge >= 0.3 is 0 Å². The summed E-state index contributed by atoms with van der Waals surface area (Å²) in [6.07, 6.45) is 1.04. The van der Waals surface area contributed by atoms with Crippen LogP contribution in [0.15, 0.2) is 84.9 Å². The summed E-state index contributed by atoms with van der Waals surface area (Å²) in [6.45, 7) is 0. The zero-order valence-corrected chi connectivity index (χ0v) is 13.8. The van der Waals surface area contributed by atoms with Crippen molar-refractivity contribution in [2.45, 2.75) is 6.42 Å². The van der Waals surface area contributed by atoms with Gasteiger partial charge in [-0.15, -0.1) is 0 Å². The molecule has 25 heavy (non-hydrogen) atoms. The van der Waals surface area contributed by atoms with Gasteiger partial charge in [-0.1, -0.05) is 84.9 Å². The monoisotopic (exact) mass is 316 g/mol. The Hall–Kier alpha value is -3.12. The highest BCUT2D eigenvalue weighted by molar-refractivity contribution is 6.16. The number of hydrogen-bond acceptors (Lipinski definition) is 0. The fourth-order valence-corrected chi connectivity index (χ4v) is 4.54. The fourth-order valence-electron chi connectivity index (χ4n) is 4.54. The van der Waals surface area contributed by atoms with E-state index in [0.29, 0.717) is 0 Å². The summed E-state index contributed by atoms with van der Waals surface area (Å²) in [5.74, 6) is 0. The first kappa shape index (κ1) is 13.2. The second-order valence-electron chi connectivity index (χ2n) is 6.98. The minimum absolute atomic E-state index is 1.04.